The van der Waals surface area contributed by atoms with E-state index in [-0.39, 0.29) is 5.92 Å². The quantitative estimate of drug-likeness (QED) is 0.750. The van der Waals surface area contributed by atoms with Gasteiger partial charge in [0.2, 0.25) is 0 Å². The highest BCUT2D eigenvalue weighted by molar-refractivity contribution is 5.98. The molecule has 17 heavy (non-hydrogen) atoms. The minimum atomic E-state index is 0.284. The van der Waals surface area contributed by atoms with Crippen LogP contribution in [0.25, 0.3) is 0 Å². The molecule has 2 aliphatic carbocycles. The van der Waals surface area contributed by atoms with Crippen LogP contribution in [-0.2, 0) is 6.54 Å². The number of hydrogen-bond acceptors (Lipinski definition) is 3. The van der Waals surface area contributed by atoms with Crippen LogP contribution in [0.3, 0.4) is 0 Å². The van der Waals surface area contributed by atoms with E-state index in [1.165, 1.54) is 25.7 Å². The zero-order valence-electron chi connectivity index (χ0n) is 10.3. The fourth-order valence-electron chi connectivity index (χ4n) is 3.38. The Hall–Kier alpha value is -1.19. The van der Waals surface area contributed by atoms with Crippen LogP contribution in [0.4, 0.5) is 0 Å². The smallest absolute Gasteiger partial charge is 0.186 e. The van der Waals surface area contributed by atoms with Gasteiger partial charge in [0.1, 0.15) is 5.69 Å². The summed E-state index contributed by atoms with van der Waals surface area (Å²) in [6.07, 6.45) is 7.73. The Morgan fingerprint density at radius 2 is 2.12 bits per heavy atom. The molecule has 2 atom stereocenters. The molecule has 0 amide bonds. The van der Waals surface area contributed by atoms with E-state index >= 15 is 0 Å². The van der Waals surface area contributed by atoms with Gasteiger partial charge in [0.05, 0.1) is 6.20 Å². The van der Waals surface area contributed by atoms with Crippen molar-refractivity contribution in [3.05, 3.63) is 11.9 Å². The van der Waals surface area contributed by atoms with Crippen LogP contribution in [-0.4, -0.2) is 20.8 Å². The lowest BCUT2D eigenvalue weighted by atomic mass is 10.0. The van der Waals surface area contributed by atoms with Gasteiger partial charge >= 0.3 is 0 Å². The maximum absolute atomic E-state index is 12.4. The number of aromatic nitrogens is 3. The van der Waals surface area contributed by atoms with E-state index < -0.39 is 0 Å². The van der Waals surface area contributed by atoms with Gasteiger partial charge in [-0.25, -0.2) is 4.68 Å². The summed E-state index contributed by atoms with van der Waals surface area (Å²) in [5.74, 6) is 1.91. The molecule has 4 nitrogen and oxygen atoms in total. The normalized spacial score (nSPS) is 31.0. The molecule has 4 heteroatoms. The molecule has 1 aromatic heterocycles. The van der Waals surface area contributed by atoms with Crippen LogP contribution < -0.4 is 0 Å². The van der Waals surface area contributed by atoms with E-state index in [2.05, 4.69) is 17.2 Å². The predicted molar refractivity (Wildman–Crippen MR) is 63.6 cm³/mol. The molecule has 1 heterocycles. The van der Waals surface area contributed by atoms with Gasteiger partial charge in [0, 0.05) is 12.5 Å². The molecule has 92 valence electrons. The van der Waals surface area contributed by atoms with Crippen LogP contribution in [0.15, 0.2) is 6.20 Å². The number of carbonyl (C=O) groups is 1. The molecule has 0 aliphatic heterocycles. The molecule has 0 N–H and O–H groups in total. The lowest BCUT2D eigenvalue weighted by molar-refractivity contribution is 0.0945. The first-order valence-electron chi connectivity index (χ1n) is 6.75. The zero-order chi connectivity index (χ0) is 11.8. The van der Waals surface area contributed by atoms with Crippen molar-refractivity contribution in [1.29, 1.82) is 0 Å². The molecule has 0 radical (unpaired) electrons. The Morgan fingerprint density at radius 1 is 1.41 bits per heavy atom. The van der Waals surface area contributed by atoms with E-state index in [0.717, 1.165) is 18.7 Å². The first kappa shape index (κ1) is 10.9. The molecule has 0 aromatic carbocycles. The van der Waals surface area contributed by atoms with E-state index in [4.69, 9.17) is 0 Å². The zero-order valence-corrected chi connectivity index (χ0v) is 10.3. The third-order valence-electron chi connectivity index (χ3n) is 4.26. The molecular weight excluding hydrogens is 214 g/mol. The summed E-state index contributed by atoms with van der Waals surface area (Å²) in [4.78, 5) is 12.4. The Morgan fingerprint density at radius 3 is 2.76 bits per heavy atom. The monoisotopic (exact) mass is 233 g/mol. The van der Waals surface area contributed by atoms with Crippen molar-refractivity contribution in [2.75, 3.05) is 0 Å². The Balaban J connectivity index is 1.76. The summed E-state index contributed by atoms with van der Waals surface area (Å²) in [6.45, 7) is 2.88. The Bertz CT molecular complexity index is 414. The van der Waals surface area contributed by atoms with Crippen molar-refractivity contribution in [3.63, 3.8) is 0 Å². The van der Waals surface area contributed by atoms with Gasteiger partial charge in [0.15, 0.2) is 5.78 Å². The molecule has 3 rings (SSSR count). The molecular formula is C13H19N3O. The average molecular weight is 233 g/mol. The summed E-state index contributed by atoms with van der Waals surface area (Å²) < 4.78 is 1.77. The molecule has 1 aromatic rings. The molecule has 2 unspecified atom stereocenters. The number of carbonyl (C=O) groups excluding carboxylic acids is 1. The standard InChI is InChI=1S/C13H19N3O/c1-2-7-16-11(8-14-15-16)13(17)12-9-5-3-4-6-10(9)12/h8-10,12H,2-7H2,1H3. The van der Waals surface area contributed by atoms with Gasteiger partial charge in [0.25, 0.3) is 0 Å². The predicted octanol–water partition coefficient (Wildman–Crippen LogP) is 2.31. The maximum Gasteiger partial charge on any atom is 0.186 e. The first-order chi connectivity index (χ1) is 8.33. The van der Waals surface area contributed by atoms with Crippen LogP contribution in [0.2, 0.25) is 0 Å². The van der Waals surface area contributed by atoms with Crippen molar-refractivity contribution >= 4 is 5.78 Å². The summed E-state index contributed by atoms with van der Waals surface area (Å²) >= 11 is 0. The summed E-state index contributed by atoms with van der Waals surface area (Å²) in [6, 6.07) is 0. The highest BCUT2D eigenvalue weighted by Gasteiger charge is 2.55. The molecule has 0 bridgehead atoms. The molecule has 2 aliphatic rings. The van der Waals surface area contributed by atoms with Gasteiger partial charge in [-0.15, -0.1) is 5.10 Å². The van der Waals surface area contributed by atoms with Gasteiger partial charge in [-0.3, -0.25) is 4.79 Å². The average Bonchev–Trinajstić information content (AvgIpc) is 2.90. The van der Waals surface area contributed by atoms with E-state index in [9.17, 15) is 4.79 Å². The van der Waals surface area contributed by atoms with Crippen molar-refractivity contribution < 1.29 is 4.79 Å². The lowest BCUT2D eigenvalue weighted by Crippen LogP contribution is -2.13. The minimum absolute atomic E-state index is 0.284. The second-order valence-corrected chi connectivity index (χ2v) is 5.34. The third kappa shape index (κ3) is 1.79. The van der Waals surface area contributed by atoms with Gasteiger partial charge in [-0.05, 0) is 31.1 Å². The van der Waals surface area contributed by atoms with Crippen molar-refractivity contribution in [1.82, 2.24) is 15.0 Å². The number of ketones is 1. The number of rotatable bonds is 4. The molecule has 0 saturated heterocycles. The fourth-order valence-corrected chi connectivity index (χ4v) is 3.38. The largest absolute Gasteiger partial charge is 0.292 e. The lowest BCUT2D eigenvalue weighted by Gasteiger charge is -2.04. The SMILES string of the molecule is CCCn1nncc1C(=O)C1C2CCCCC21. The first-order valence-corrected chi connectivity index (χ1v) is 6.75. The summed E-state index contributed by atoms with van der Waals surface area (Å²) in [5, 5.41) is 7.88. The van der Waals surface area contributed by atoms with Crippen molar-refractivity contribution in [2.45, 2.75) is 45.6 Å². The number of hydrogen-bond donors (Lipinski definition) is 0. The molecule has 0 spiro atoms. The van der Waals surface area contributed by atoms with Gasteiger partial charge in [-0.2, -0.15) is 0 Å². The number of nitrogens with zero attached hydrogens (tertiary/aromatic N) is 3. The highest BCUT2D eigenvalue weighted by Crippen LogP contribution is 2.56. The van der Waals surface area contributed by atoms with Crippen molar-refractivity contribution in [2.24, 2.45) is 17.8 Å². The van der Waals surface area contributed by atoms with E-state index in [0.29, 0.717) is 17.6 Å². The highest BCUT2D eigenvalue weighted by atomic mass is 16.1. The van der Waals surface area contributed by atoms with Crippen LogP contribution >= 0.6 is 0 Å². The topological polar surface area (TPSA) is 47.8 Å². The van der Waals surface area contributed by atoms with Gasteiger partial charge < -0.3 is 0 Å². The Labute approximate surface area is 101 Å². The molecule has 2 saturated carbocycles. The van der Waals surface area contributed by atoms with Crippen LogP contribution in [0.1, 0.15) is 49.5 Å². The van der Waals surface area contributed by atoms with E-state index in [1.807, 2.05) is 0 Å². The van der Waals surface area contributed by atoms with Gasteiger partial charge in [-0.1, -0.05) is 25.0 Å². The number of aryl methyl sites for hydroxylation is 1. The molecule has 2 fully saturated rings. The maximum atomic E-state index is 12.4. The van der Waals surface area contributed by atoms with Crippen LogP contribution in [0, 0.1) is 17.8 Å². The minimum Gasteiger partial charge on any atom is -0.292 e. The van der Waals surface area contributed by atoms with Crippen molar-refractivity contribution in [3.8, 4) is 0 Å². The second-order valence-electron chi connectivity index (χ2n) is 5.34. The van der Waals surface area contributed by atoms with E-state index in [1.54, 1.807) is 10.9 Å². The fraction of sp³-hybridized carbons (Fsp3) is 0.769. The summed E-state index contributed by atoms with van der Waals surface area (Å²) in [7, 11) is 0. The number of Topliss-reactive ketones (excluding diaryl/α,β-unsaturated/α-hetero) is 1. The Kier molecular flexibility index (Phi) is 2.73. The second kappa shape index (κ2) is 4.24. The summed E-state index contributed by atoms with van der Waals surface area (Å²) in [5.41, 5.74) is 0.728. The van der Waals surface area contributed by atoms with Crippen LogP contribution in [0.5, 0.6) is 0 Å². The number of fused-ring (bicyclic) bond motifs is 1. The third-order valence-corrected chi connectivity index (χ3v) is 4.26.